The van der Waals surface area contributed by atoms with Gasteiger partial charge >= 0.3 is 10.4 Å². The highest BCUT2D eigenvalue weighted by atomic mass is 32.3. The Morgan fingerprint density at radius 3 is 1.91 bits per heavy atom. The van der Waals surface area contributed by atoms with E-state index < -0.39 is 10.4 Å². The number of piperazine rings is 1. The molecule has 1 aromatic rings. The SMILES string of the molecule is Cc1ccc(N2CCN(C(=N)N)CC2)cc1.O.O=S(=O)(O)O. The lowest BCUT2D eigenvalue weighted by atomic mass is 10.2. The largest absolute Gasteiger partial charge is 0.412 e. The molecule has 0 unspecified atom stereocenters. The van der Waals surface area contributed by atoms with Crippen LogP contribution in [0, 0.1) is 12.3 Å². The van der Waals surface area contributed by atoms with Gasteiger partial charge in [-0.3, -0.25) is 14.5 Å². The van der Waals surface area contributed by atoms with Gasteiger partial charge < -0.3 is 21.0 Å². The molecule has 0 amide bonds. The summed E-state index contributed by atoms with van der Waals surface area (Å²) in [4.78, 5) is 4.24. The molecule has 1 aliphatic rings. The zero-order valence-corrected chi connectivity index (χ0v) is 13.0. The molecule has 126 valence electrons. The van der Waals surface area contributed by atoms with Crippen molar-refractivity contribution in [2.45, 2.75) is 6.92 Å². The third-order valence-corrected chi connectivity index (χ3v) is 3.02. The van der Waals surface area contributed by atoms with Crippen LogP contribution in [0.3, 0.4) is 0 Å². The molecule has 0 aromatic heterocycles. The van der Waals surface area contributed by atoms with Crippen molar-refractivity contribution in [3.63, 3.8) is 0 Å². The van der Waals surface area contributed by atoms with E-state index >= 15 is 0 Å². The number of benzene rings is 1. The van der Waals surface area contributed by atoms with Crippen LogP contribution in [-0.4, -0.2) is 60.0 Å². The van der Waals surface area contributed by atoms with E-state index in [0.29, 0.717) is 0 Å². The molecule has 1 aromatic carbocycles. The van der Waals surface area contributed by atoms with Crippen LogP contribution >= 0.6 is 0 Å². The van der Waals surface area contributed by atoms with Crippen molar-refractivity contribution in [3.8, 4) is 0 Å². The number of anilines is 1. The van der Waals surface area contributed by atoms with Gasteiger partial charge in [-0.1, -0.05) is 17.7 Å². The second-order valence-corrected chi connectivity index (χ2v) is 5.54. The van der Waals surface area contributed by atoms with Crippen LogP contribution in [0.5, 0.6) is 0 Å². The highest BCUT2D eigenvalue weighted by Crippen LogP contribution is 2.16. The number of rotatable bonds is 1. The van der Waals surface area contributed by atoms with Gasteiger partial charge in [-0.2, -0.15) is 8.42 Å². The molecule has 0 spiro atoms. The van der Waals surface area contributed by atoms with Crippen molar-refractivity contribution >= 4 is 22.0 Å². The maximum absolute atomic E-state index is 8.74. The zero-order chi connectivity index (χ0) is 16.0. The van der Waals surface area contributed by atoms with Crippen molar-refractivity contribution < 1.29 is 23.0 Å². The standard InChI is InChI=1S/C12H18N4.H2O4S.H2O/c1-10-2-4-11(5-3-10)15-6-8-16(9-7-15)12(13)14;1-5(2,3)4;/h2-5H,6-9H2,1H3,(H3,13,14);(H2,1,2,3,4);1H2. The van der Waals surface area contributed by atoms with Gasteiger partial charge in [0.05, 0.1) is 0 Å². The Morgan fingerprint density at radius 2 is 1.55 bits per heavy atom. The lowest BCUT2D eigenvalue weighted by molar-refractivity contribution is 0.380. The average molecular weight is 334 g/mol. The summed E-state index contributed by atoms with van der Waals surface area (Å²) in [5.41, 5.74) is 8.00. The van der Waals surface area contributed by atoms with Crippen LogP contribution in [0.1, 0.15) is 5.56 Å². The van der Waals surface area contributed by atoms with E-state index in [0.717, 1.165) is 26.2 Å². The predicted octanol–water partition coefficient (Wildman–Crippen LogP) is -0.467. The molecule has 22 heavy (non-hydrogen) atoms. The minimum atomic E-state index is -4.67. The summed E-state index contributed by atoms with van der Waals surface area (Å²) in [6, 6.07) is 8.57. The number of nitrogens with two attached hydrogens (primary N) is 1. The normalized spacial score (nSPS) is 14.5. The summed E-state index contributed by atoms with van der Waals surface area (Å²) < 4.78 is 31.6. The Bertz CT molecular complexity index is 560. The van der Waals surface area contributed by atoms with E-state index in [1.165, 1.54) is 11.3 Å². The molecule has 10 heteroatoms. The summed E-state index contributed by atoms with van der Waals surface area (Å²) >= 11 is 0. The van der Waals surface area contributed by atoms with Gasteiger partial charge in [-0.15, -0.1) is 0 Å². The van der Waals surface area contributed by atoms with Gasteiger partial charge in [0.15, 0.2) is 5.96 Å². The van der Waals surface area contributed by atoms with Crippen molar-refractivity contribution in [2.75, 3.05) is 31.1 Å². The topological polar surface area (TPSA) is 162 Å². The summed E-state index contributed by atoms with van der Waals surface area (Å²) in [5.74, 6) is 0.184. The third-order valence-electron chi connectivity index (χ3n) is 3.02. The average Bonchev–Trinajstić information content (AvgIpc) is 2.38. The van der Waals surface area contributed by atoms with Crippen molar-refractivity contribution in [3.05, 3.63) is 29.8 Å². The van der Waals surface area contributed by atoms with Crippen LogP contribution in [0.25, 0.3) is 0 Å². The van der Waals surface area contributed by atoms with Crippen LogP contribution in [0.15, 0.2) is 24.3 Å². The molecule has 9 nitrogen and oxygen atoms in total. The number of hydrogen-bond acceptors (Lipinski definition) is 4. The lowest BCUT2D eigenvalue weighted by Gasteiger charge is -2.36. The summed E-state index contributed by atoms with van der Waals surface area (Å²) in [6.45, 7) is 5.63. The van der Waals surface area contributed by atoms with E-state index in [2.05, 4.69) is 36.1 Å². The molecule has 1 fully saturated rings. The molecular formula is C12H22N4O5S. The first kappa shape index (κ1) is 20.1. The first-order valence-electron chi connectivity index (χ1n) is 6.27. The van der Waals surface area contributed by atoms with Gasteiger partial charge in [0, 0.05) is 31.9 Å². The Labute approximate surface area is 129 Å². The maximum Gasteiger partial charge on any atom is 0.394 e. The number of nitrogens with zero attached hydrogens (tertiary/aromatic N) is 2. The third kappa shape index (κ3) is 7.78. The second-order valence-electron chi connectivity index (χ2n) is 4.64. The Hall–Kier alpha value is -1.88. The molecule has 2 rings (SSSR count). The Kier molecular flexibility index (Phi) is 7.81. The maximum atomic E-state index is 8.74. The predicted molar refractivity (Wildman–Crippen MR) is 84.7 cm³/mol. The minimum absolute atomic E-state index is 0. The Balaban J connectivity index is 0.000000644. The van der Waals surface area contributed by atoms with E-state index in [4.69, 9.17) is 28.7 Å². The zero-order valence-electron chi connectivity index (χ0n) is 12.2. The van der Waals surface area contributed by atoms with Crippen molar-refractivity contribution in [1.29, 1.82) is 5.41 Å². The smallest absolute Gasteiger partial charge is 0.394 e. The molecule has 0 atom stereocenters. The van der Waals surface area contributed by atoms with Gasteiger partial charge in [-0.25, -0.2) is 0 Å². The van der Waals surface area contributed by atoms with Gasteiger partial charge in [0.25, 0.3) is 0 Å². The number of aryl methyl sites for hydroxylation is 1. The monoisotopic (exact) mass is 334 g/mol. The molecule has 1 saturated heterocycles. The van der Waals surface area contributed by atoms with Crippen molar-refractivity contribution in [2.24, 2.45) is 5.73 Å². The van der Waals surface area contributed by atoms with E-state index in [1.807, 2.05) is 4.90 Å². The second kappa shape index (κ2) is 8.54. The van der Waals surface area contributed by atoms with Gasteiger partial charge in [-0.05, 0) is 19.1 Å². The lowest BCUT2D eigenvalue weighted by Crippen LogP contribution is -2.50. The Morgan fingerprint density at radius 1 is 1.14 bits per heavy atom. The molecular weight excluding hydrogens is 312 g/mol. The van der Waals surface area contributed by atoms with E-state index in [9.17, 15) is 0 Å². The van der Waals surface area contributed by atoms with Crippen LogP contribution in [0.2, 0.25) is 0 Å². The highest BCUT2D eigenvalue weighted by molar-refractivity contribution is 7.79. The molecule has 7 N–H and O–H groups in total. The molecule has 1 heterocycles. The summed E-state index contributed by atoms with van der Waals surface area (Å²) in [7, 11) is -4.67. The first-order valence-corrected chi connectivity index (χ1v) is 7.67. The molecule has 1 aliphatic heterocycles. The minimum Gasteiger partial charge on any atom is -0.412 e. The fraction of sp³-hybridized carbons (Fsp3) is 0.417. The molecule has 0 bridgehead atoms. The molecule has 0 saturated carbocycles. The fourth-order valence-electron chi connectivity index (χ4n) is 1.96. The first-order chi connectivity index (χ1) is 9.66. The summed E-state index contributed by atoms with van der Waals surface area (Å²) in [5, 5.41) is 7.37. The van der Waals surface area contributed by atoms with E-state index in [1.54, 1.807) is 0 Å². The highest BCUT2D eigenvalue weighted by Gasteiger charge is 2.17. The summed E-state index contributed by atoms with van der Waals surface area (Å²) in [6.07, 6.45) is 0. The number of guanidine groups is 1. The van der Waals surface area contributed by atoms with Gasteiger partial charge in [0.1, 0.15) is 0 Å². The van der Waals surface area contributed by atoms with Crippen LogP contribution < -0.4 is 10.6 Å². The van der Waals surface area contributed by atoms with Crippen molar-refractivity contribution in [1.82, 2.24) is 4.90 Å². The van der Waals surface area contributed by atoms with E-state index in [-0.39, 0.29) is 11.4 Å². The quantitative estimate of drug-likeness (QED) is 0.306. The van der Waals surface area contributed by atoms with Gasteiger partial charge in [0.2, 0.25) is 0 Å². The van der Waals surface area contributed by atoms with Crippen LogP contribution in [-0.2, 0) is 10.4 Å². The molecule has 0 radical (unpaired) electrons. The molecule has 0 aliphatic carbocycles. The fourth-order valence-corrected chi connectivity index (χ4v) is 1.96. The number of hydrogen-bond donors (Lipinski definition) is 4. The number of nitrogens with one attached hydrogen (secondary N) is 1. The van der Waals surface area contributed by atoms with Crippen LogP contribution in [0.4, 0.5) is 5.69 Å².